The summed E-state index contributed by atoms with van der Waals surface area (Å²) in [6.45, 7) is 9.25. The van der Waals surface area contributed by atoms with E-state index in [1.54, 1.807) is 0 Å². The molecule has 19 heavy (non-hydrogen) atoms. The summed E-state index contributed by atoms with van der Waals surface area (Å²) < 4.78 is 5.60. The smallest absolute Gasteiger partial charge is 0.0722 e. The summed E-state index contributed by atoms with van der Waals surface area (Å²) in [7, 11) is 0. The zero-order valence-corrected chi connectivity index (χ0v) is 12.4. The summed E-state index contributed by atoms with van der Waals surface area (Å²) in [5.74, 6) is 0. The third-order valence-corrected chi connectivity index (χ3v) is 3.87. The molecule has 1 fully saturated rings. The van der Waals surface area contributed by atoms with Gasteiger partial charge in [0.2, 0.25) is 0 Å². The fourth-order valence-electron chi connectivity index (χ4n) is 2.68. The van der Waals surface area contributed by atoms with Gasteiger partial charge in [-0.3, -0.25) is 0 Å². The van der Waals surface area contributed by atoms with E-state index in [1.165, 1.54) is 16.8 Å². The van der Waals surface area contributed by atoms with Crippen LogP contribution >= 0.6 is 0 Å². The maximum atomic E-state index is 6.03. The lowest BCUT2D eigenvalue weighted by atomic mass is 10.0. The van der Waals surface area contributed by atoms with E-state index in [1.807, 2.05) is 0 Å². The maximum absolute atomic E-state index is 6.03. The van der Waals surface area contributed by atoms with Gasteiger partial charge in [0, 0.05) is 24.8 Å². The Hall–Kier alpha value is -1.06. The quantitative estimate of drug-likeness (QED) is 0.906. The van der Waals surface area contributed by atoms with Gasteiger partial charge in [0.15, 0.2) is 0 Å². The van der Waals surface area contributed by atoms with E-state index < -0.39 is 0 Å². The minimum absolute atomic E-state index is 0.272. The van der Waals surface area contributed by atoms with Crippen LogP contribution in [0.1, 0.15) is 31.4 Å². The first kappa shape index (κ1) is 14.4. The first-order valence-electron chi connectivity index (χ1n) is 7.31. The second-order valence-corrected chi connectivity index (χ2v) is 5.62. The number of morpholine rings is 1. The Balaban J connectivity index is 2.10. The zero-order valence-electron chi connectivity index (χ0n) is 12.4. The Morgan fingerprint density at radius 2 is 2.26 bits per heavy atom. The van der Waals surface area contributed by atoms with Crippen LogP contribution < -0.4 is 10.6 Å². The van der Waals surface area contributed by atoms with Crippen molar-refractivity contribution in [3.8, 4) is 0 Å². The van der Waals surface area contributed by atoms with Crippen LogP contribution in [-0.2, 0) is 11.2 Å². The highest BCUT2D eigenvalue weighted by Gasteiger charge is 2.18. The fourth-order valence-corrected chi connectivity index (χ4v) is 2.68. The molecule has 1 aromatic carbocycles. The molecule has 0 amide bonds. The van der Waals surface area contributed by atoms with Crippen molar-refractivity contribution < 1.29 is 4.74 Å². The van der Waals surface area contributed by atoms with Crippen LogP contribution in [-0.4, -0.2) is 31.8 Å². The van der Waals surface area contributed by atoms with Gasteiger partial charge < -0.3 is 15.4 Å². The summed E-state index contributed by atoms with van der Waals surface area (Å²) in [5, 5.41) is 0. The van der Waals surface area contributed by atoms with Gasteiger partial charge in [0.1, 0.15) is 0 Å². The predicted octanol–water partition coefficient (Wildman–Crippen LogP) is 2.50. The van der Waals surface area contributed by atoms with E-state index in [2.05, 4.69) is 43.9 Å². The summed E-state index contributed by atoms with van der Waals surface area (Å²) in [6.07, 6.45) is 2.32. The van der Waals surface area contributed by atoms with Gasteiger partial charge in [0.25, 0.3) is 0 Å². The van der Waals surface area contributed by atoms with Gasteiger partial charge in [0.05, 0.1) is 12.7 Å². The molecule has 0 saturated carbocycles. The molecular formula is C16H26N2O. The minimum atomic E-state index is 0.272. The number of anilines is 1. The third kappa shape index (κ3) is 3.71. The molecule has 1 aliphatic heterocycles. The highest BCUT2D eigenvalue weighted by molar-refractivity contribution is 5.55. The molecule has 0 radical (unpaired) electrons. The predicted molar refractivity (Wildman–Crippen MR) is 80.8 cm³/mol. The zero-order chi connectivity index (χ0) is 13.8. The van der Waals surface area contributed by atoms with Crippen LogP contribution in [0.2, 0.25) is 0 Å². The maximum Gasteiger partial charge on any atom is 0.0722 e. The lowest BCUT2D eigenvalue weighted by molar-refractivity contribution is 0.0532. The number of hydrogen-bond donors (Lipinski definition) is 1. The molecule has 0 aromatic heterocycles. The molecule has 1 aromatic rings. The van der Waals surface area contributed by atoms with Crippen molar-refractivity contribution in [2.75, 3.05) is 24.6 Å². The van der Waals surface area contributed by atoms with Crippen LogP contribution in [0.3, 0.4) is 0 Å². The summed E-state index contributed by atoms with van der Waals surface area (Å²) in [4.78, 5) is 2.42. The van der Waals surface area contributed by atoms with Crippen LogP contribution in [0, 0.1) is 6.92 Å². The fraction of sp³-hybridized carbons (Fsp3) is 0.625. The topological polar surface area (TPSA) is 38.5 Å². The highest BCUT2D eigenvalue weighted by Crippen LogP contribution is 2.24. The number of ether oxygens (including phenoxy) is 1. The van der Waals surface area contributed by atoms with Gasteiger partial charge in [-0.25, -0.2) is 0 Å². The normalized spacial score (nSPS) is 21.5. The first-order chi connectivity index (χ1) is 9.10. The first-order valence-corrected chi connectivity index (χ1v) is 7.31. The lowest BCUT2D eigenvalue weighted by Gasteiger charge is -2.34. The number of hydrogen-bond acceptors (Lipinski definition) is 3. The lowest BCUT2D eigenvalue weighted by Crippen LogP contribution is -2.41. The largest absolute Gasteiger partial charge is 0.375 e. The number of nitrogens with two attached hydrogens (primary N) is 1. The Morgan fingerprint density at radius 3 is 2.89 bits per heavy atom. The monoisotopic (exact) mass is 262 g/mol. The van der Waals surface area contributed by atoms with Crippen molar-refractivity contribution in [2.24, 2.45) is 5.73 Å². The Labute approximate surface area is 116 Å². The number of benzene rings is 1. The van der Waals surface area contributed by atoms with E-state index in [4.69, 9.17) is 10.5 Å². The van der Waals surface area contributed by atoms with E-state index in [9.17, 15) is 0 Å². The molecule has 106 valence electrons. The van der Waals surface area contributed by atoms with Gasteiger partial charge in [-0.2, -0.15) is 0 Å². The molecule has 3 nitrogen and oxygen atoms in total. The van der Waals surface area contributed by atoms with Gasteiger partial charge >= 0.3 is 0 Å². The van der Waals surface area contributed by atoms with Crippen LogP contribution in [0.15, 0.2) is 18.2 Å². The summed E-state index contributed by atoms with van der Waals surface area (Å²) in [5.41, 5.74) is 10.1. The van der Waals surface area contributed by atoms with E-state index in [-0.39, 0.29) is 6.04 Å². The van der Waals surface area contributed by atoms with Crippen LogP contribution in [0.5, 0.6) is 0 Å². The molecule has 1 saturated heterocycles. The molecule has 2 rings (SSSR count). The molecule has 0 aliphatic carbocycles. The molecule has 2 unspecified atom stereocenters. The van der Waals surface area contributed by atoms with E-state index in [0.29, 0.717) is 6.10 Å². The Bertz CT molecular complexity index is 419. The Morgan fingerprint density at radius 1 is 1.47 bits per heavy atom. The van der Waals surface area contributed by atoms with E-state index in [0.717, 1.165) is 32.5 Å². The van der Waals surface area contributed by atoms with Crippen LogP contribution in [0.25, 0.3) is 0 Å². The average molecular weight is 262 g/mol. The minimum Gasteiger partial charge on any atom is -0.375 e. The Kier molecular flexibility index (Phi) is 4.83. The van der Waals surface area contributed by atoms with E-state index >= 15 is 0 Å². The third-order valence-electron chi connectivity index (χ3n) is 3.87. The standard InChI is InChI=1S/C16H26N2O/c1-4-15(17)10-14-5-6-16(12(2)9-14)18-7-8-19-13(3)11-18/h5-6,9,13,15H,4,7-8,10-11,17H2,1-3H3. The molecule has 1 aliphatic rings. The molecule has 2 N–H and O–H groups in total. The summed E-state index contributed by atoms with van der Waals surface area (Å²) >= 11 is 0. The van der Waals surface area contributed by atoms with Gasteiger partial charge in [-0.15, -0.1) is 0 Å². The second-order valence-electron chi connectivity index (χ2n) is 5.62. The molecule has 1 heterocycles. The van der Waals surface area contributed by atoms with Crippen molar-refractivity contribution in [1.29, 1.82) is 0 Å². The molecule has 2 atom stereocenters. The van der Waals surface area contributed by atoms with Crippen molar-refractivity contribution in [1.82, 2.24) is 0 Å². The average Bonchev–Trinajstić information content (AvgIpc) is 2.38. The van der Waals surface area contributed by atoms with Gasteiger partial charge in [-0.05, 0) is 43.9 Å². The SMILES string of the molecule is CCC(N)Cc1ccc(N2CCOC(C)C2)c(C)c1. The highest BCUT2D eigenvalue weighted by atomic mass is 16.5. The van der Waals surface area contributed by atoms with Crippen LogP contribution in [0.4, 0.5) is 5.69 Å². The molecule has 3 heteroatoms. The number of rotatable bonds is 4. The molecule has 0 spiro atoms. The van der Waals surface area contributed by atoms with Crippen molar-refractivity contribution in [2.45, 2.75) is 45.8 Å². The summed E-state index contributed by atoms with van der Waals surface area (Å²) in [6, 6.07) is 7.02. The second kappa shape index (κ2) is 6.40. The van der Waals surface area contributed by atoms with Crippen molar-refractivity contribution in [3.05, 3.63) is 29.3 Å². The molecular weight excluding hydrogens is 236 g/mol. The number of aryl methyl sites for hydroxylation is 1. The van der Waals surface area contributed by atoms with Crippen molar-refractivity contribution >= 4 is 5.69 Å². The van der Waals surface area contributed by atoms with Crippen molar-refractivity contribution in [3.63, 3.8) is 0 Å². The van der Waals surface area contributed by atoms with Gasteiger partial charge in [-0.1, -0.05) is 19.1 Å². The number of nitrogens with zero attached hydrogens (tertiary/aromatic N) is 1. The molecule has 0 bridgehead atoms.